The fraction of sp³-hybridized carbons (Fsp3) is 0.333. The molecule has 0 spiro atoms. The molecule has 1 saturated heterocycles. The zero-order valence-corrected chi connectivity index (χ0v) is 8.53. The normalized spacial score (nSPS) is 32.0. The molecule has 0 saturated carbocycles. The van der Waals surface area contributed by atoms with Crippen molar-refractivity contribution in [3.05, 3.63) is 35.4 Å². The van der Waals surface area contributed by atoms with Gasteiger partial charge < -0.3 is 0 Å². The van der Waals surface area contributed by atoms with Crippen LogP contribution in [0.2, 0.25) is 0 Å². The highest BCUT2D eigenvalue weighted by molar-refractivity contribution is 7.81. The van der Waals surface area contributed by atoms with Gasteiger partial charge in [-0.3, -0.25) is 5.32 Å². The first kappa shape index (κ1) is 9.29. The van der Waals surface area contributed by atoms with Gasteiger partial charge in [-0.15, -0.1) is 0 Å². The molecular formula is C9H9NO4S. The minimum Gasteiger partial charge on any atom is -0.260 e. The van der Waals surface area contributed by atoms with Gasteiger partial charge in [0.2, 0.25) is 0 Å². The number of nitrogens with one attached hydrogen (secondary N) is 1. The molecule has 1 aromatic rings. The summed E-state index contributed by atoms with van der Waals surface area (Å²) in [5.74, 6) is 0. The minimum absolute atomic E-state index is 0.511. The molecule has 2 atom stereocenters. The fourth-order valence-corrected chi connectivity index (χ4v) is 2.77. The van der Waals surface area contributed by atoms with Gasteiger partial charge in [0.05, 0.1) is 0 Å². The molecule has 80 valence electrons. The zero-order valence-electron chi connectivity index (χ0n) is 7.71. The Kier molecular flexibility index (Phi) is 1.87. The Balaban J connectivity index is 2.09. The third kappa shape index (κ3) is 1.55. The molecule has 2 aliphatic heterocycles. The van der Waals surface area contributed by atoms with E-state index in [4.69, 9.17) is 8.37 Å². The summed E-state index contributed by atoms with van der Waals surface area (Å²) in [4.78, 5) is 0. The van der Waals surface area contributed by atoms with Crippen LogP contribution < -0.4 is 5.32 Å². The number of rotatable bonds is 0. The lowest BCUT2D eigenvalue weighted by Gasteiger charge is -2.35. The molecule has 15 heavy (non-hydrogen) atoms. The lowest BCUT2D eigenvalue weighted by Crippen LogP contribution is -2.48. The minimum atomic E-state index is -3.85. The molecule has 3 rings (SSSR count). The molecular weight excluding hydrogens is 218 g/mol. The van der Waals surface area contributed by atoms with E-state index >= 15 is 0 Å². The maximum atomic E-state index is 11.2. The molecule has 2 bridgehead atoms. The summed E-state index contributed by atoms with van der Waals surface area (Å²) >= 11 is 0. The van der Waals surface area contributed by atoms with Crippen LogP contribution in [0.25, 0.3) is 0 Å². The SMILES string of the molecule is O=S1(=O)OC2Cc3ccccc3C(N2)O1. The van der Waals surface area contributed by atoms with Gasteiger partial charge in [0.1, 0.15) is 6.23 Å². The summed E-state index contributed by atoms with van der Waals surface area (Å²) < 4.78 is 31.9. The van der Waals surface area contributed by atoms with Gasteiger partial charge in [-0.25, -0.2) is 8.37 Å². The van der Waals surface area contributed by atoms with Crippen LogP contribution in [0.3, 0.4) is 0 Å². The molecule has 2 unspecified atom stereocenters. The summed E-state index contributed by atoms with van der Waals surface area (Å²) in [5, 5.41) is 2.94. The third-order valence-corrected chi connectivity index (χ3v) is 3.42. The second-order valence-electron chi connectivity index (χ2n) is 3.54. The highest BCUT2D eigenvalue weighted by Crippen LogP contribution is 2.32. The fourth-order valence-electron chi connectivity index (χ4n) is 1.92. The van der Waals surface area contributed by atoms with Crippen molar-refractivity contribution in [2.75, 3.05) is 0 Å². The largest absolute Gasteiger partial charge is 0.403 e. The van der Waals surface area contributed by atoms with Crippen molar-refractivity contribution in [1.29, 1.82) is 0 Å². The quantitative estimate of drug-likeness (QED) is 0.697. The summed E-state index contributed by atoms with van der Waals surface area (Å²) in [6.45, 7) is 0. The van der Waals surface area contributed by atoms with Gasteiger partial charge in [0.15, 0.2) is 6.23 Å². The maximum absolute atomic E-state index is 11.2. The lowest BCUT2D eigenvalue weighted by atomic mass is 9.99. The van der Waals surface area contributed by atoms with Gasteiger partial charge in [0.25, 0.3) is 0 Å². The van der Waals surface area contributed by atoms with Gasteiger partial charge in [0, 0.05) is 12.0 Å². The predicted molar refractivity (Wildman–Crippen MR) is 50.9 cm³/mol. The van der Waals surface area contributed by atoms with Crippen LogP contribution >= 0.6 is 0 Å². The molecule has 5 nitrogen and oxygen atoms in total. The number of hydrogen-bond donors (Lipinski definition) is 1. The lowest BCUT2D eigenvalue weighted by molar-refractivity contribution is -0.00316. The summed E-state index contributed by atoms with van der Waals surface area (Å²) in [6, 6.07) is 7.56. The second kappa shape index (κ2) is 3.02. The molecule has 1 fully saturated rings. The second-order valence-corrected chi connectivity index (χ2v) is 4.74. The summed E-state index contributed by atoms with van der Waals surface area (Å²) in [5.41, 5.74) is 1.92. The Morgan fingerprint density at radius 3 is 2.93 bits per heavy atom. The van der Waals surface area contributed by atoms with Gasteiger partial charge in [-0.1, -0.05) is 24.3 Å². The first-order chi connectivity index (χ1) is 7.14. The topological polar surface area (TPSA) is 64.6 Å². The Morgan fingerprint density at radius 1 is 1.27 bits per heavy atom. The van der Waals surface area contributed by atoms with E-state index in [9.17, 15) is 8.42 Å². The zero-order chi connectivity index (χ0) is 10.5. The Hall–Kier alpha value is -0.950. The van der Waals surface area contributed by atoms with Gasteiger partial charge in [-0.2, -0.15) is 8.42 Å². The predicted octanol–water partition coefficient (Wildman–Crippen LogP) is 0.449. The average Bonchev–Trinajstić information content (AvgIpc) is 2.15. The Labute approximate surface area is 87.3 Å². The molecule has 1 N–H and O–H groups in total. The van der Waals surface area contributed by atoms with Gasteiger partial charge in [-0.05, 0) is 5.56 Å². The highest BCUT2D eigenvalue weighted by atomic mass is 32.3. The first-order valence-electron chi connectivity index (χ1n) is 4.59. The number of benzene rings is 1. The van der Waals surface area contributed by atoms with Crippen LogP contribution in [-0.4, -0.2) is 14.6 Å². The van der Waals surface area contributed by atoms with Crippen molar-refractivity contribution in [2.24, 2.45) is 0 Å². The molecule has 0 aliphatic carbocycles. The average molecular weight is 227 g/mol. The molecule has 1 aromatic carbocycles. The van der Waals surface area contributed by atoms with Crippen molar-refractivity contribution in [1.82, 2.24) is 5.32 Å². The van der Waals surface area contributed by atoms with Crippen molar-refractivity contribution in [2.45, 2.75) is 18.9 Å². The molecule has 2 heterocycles. The van der Waals surface area contributed by atoms with E-state index in [1.165, 1.54) is 0 Å². The summed E-state index contributed by atoms with van der Waals surface area (Å²) in [6.07, 6.45) is -0.586. The van der Waals surface area contributed by atoms with Crippen molar-refractivity contribution in [3.63, 3.8) is 0 Å². The summed E-state index contributed by atoms with van der Waals surface area (Å²) in [7, 11) is -3.85. The molecule has 0 aromatic heterocycles. The molecule has 2 aliphatic rings. The van der Waals surface area contributed by atoms with E-state index in [2.05, 4.69) is 5.32 Å². The monoisotopic (exact) mass is 227 g/mol. The van der Waals surface area contributed by atoms with Crippen molar-refractivity contribution < 1.29 is 16.8 Å². The first-order valence-corrected chi connectivity index (χ1v) is 5.93. The van der Waals surface area contributed by atoms with E-state index in [1.54, 1.807) is 0 Å². The number of fused-ring (bicyclic) bond motifs is 4. The molecule has 0 radical (unpaired) electrons. The van der Waals surface area contributed by atoms with E-state index in [-0.39, 0.29) is 0 Å². The maximum Gasteiger partial charge on any atom is 0.403 e. The van der Waals surface area contributed by atoms with Crippen LogP contribution in [0.5, 0.6) is 0 Å². The highest BCUT2D eigenvalue weighted by Gasteiger charge is 2.38. The smallest absolute Gasteiger partial charge is 0.260 e. The van der Waals surface area contributed by atoms with Gasteiger partial charge >= 0.3 is 10.4 Å². The standard InChI is InChI=1S/C9H9NO4S/c11-15(12)13-8-5-6-3-1-2-4-7(6)9(10-8)14-15/h1-4,8-10H,5H2. The van der Waals surface area contributed by atoms with Crippen LogP contribution in [0, 0.1) is 0 Å². The van der Waals surface area contributed by atoms with Crippen LogP contribution in [0.4, 0.5) is 0 Å². The van der Waals surface area contributed by atoms with Crippen molar-refractivity contribution >= 4 is 10.4 Å². The Bertz CT molecular complexity index is 499. The third-order valence-electron chi connectivity index (χ3n) is 2.53. The van der Waals surface area contributed by atoms with E-state index in [0.29, 0.717) is 6.42 Å². The van der Waals surface area contributed by atoms with Crippen LogP contribution in [0.15, 0.2) is 24.3 Å². The molecule has 0 amide bonds. The Morgan fingerprint density at radius 2 is 2.07 bits per heavy atom. The van der Waals surface area contributed by atoms with Crippen LogP contribution in [-0.2, 0) is 25.2 Å². The van der Waals surface area contributed by atoms with E-state index in [1.807, 2.05) is 24.3 Å². The number of hydrogen-bond acceptors (Lipinski definition) is 5. The van der Waals surface area contributed by atoms with Crippen molar-refractivity contribution in [3.8, 4) is 0 Å². The van der Waals surface area contributed by atoms with Crippen LogP contribution in [0.1, 0.15) is 17.4 Å². The molecule has 6 heteroatoms. The van der Waals surface area contributed by atoms with E-state index < -0.39 is 22.9 Å². The van der Waals surface area contributed by atoms with E-state index in [0.717, 1.165) is 11.1 Å².